The van der Waals surface area contributed by atoms with Crippen LogP contribution in [0.1, 0.15) is 16.0 Å². The Labute approximate surface area is 185 Å². The third-order valence-corrected chi connectivity index (χ3v) is 6.91. The van der Waals surface area contributed by atoms with Crippen molar-refractivity contribution in [3.05, 3.63) is 94.4 Å². The average Bonchev–Trinajstić information content (AvgIpc) is 2.95. The highest BCUT2D eigenvalue weighted by atomic mass is 35.5. The van der Waals surface area contributed by atoms with Gasteiger partial charge in [0.1, 0.15) is 4.83 Å². The molecule has 2 heterocycles. The lowest BCUT2D eigenvalue weighted by atomic mass is 10.2. The molecule has 4 rings (SSSR count). The molecular formula is C21H15Cl3N2O2S. The van der Waals surface area contributed by atoms with Crippen molar-refractivity contribution in [1.29, 1.82) is 0 Å². The molecule has 0 unspecified atom stereocenters. The summed E-state index contributed by atoms with van der Waals surface area (Å²) >= 11 is 19.9. The van der Waals surface area contributed by atoms with E-state index in [0.29, 0.717) is 31.0 Å². The van der Waals surface area contributed by atoms with E-state index in [1.165, 1.54) is 11.3 Å². The molecule has 0 aliphatic carbocycles. The third kappa shape index (κ3) is 3.53. The minimum Gasteiger partial charge on any atom is -0.279 e. The van der Waals surface area contributed by atoms with E-state index >= 15 is 0 Å². The standard InChI is InChI=1S/C21H15Cl3N2O2S/c1-11-12(2)29-20-18(11)19(27)26(16-5-3-4-14(22)8-16)21(28)25(20)10-13-6-7-15(23)9-17(13)24/h3-9H,10H2,1-2H3. The number of aromatic nitrogens is 2. The van der Waals surface area contributed by atoms with Gasteiger partial charge in [0, 0.05) is 19.9 Å². The van der Waals surface area contributed by atoms with Gasteiger partial charge in [0.15, 0.2) is 0 Å². The molecule has 0 fully saturated rings. The SMILES string of the molecule is Cc1sc2c(c1C)c(=O)n(-c1cccc(Cl)c1)c(=O)n2Cc1ccc(Cl)cc1Cl. The molecule has 2 aromatic heterocycles. The third-order valence-electron chi connectivity index (χ3n) is 4.86. The number of benzene rings is 2. The molecule has 4 aromatic rings. The molecule has 4 nitrogen and oxygen atoms in total. The Hall–Kier alpha value is -2.05. The zero-order valence-corrected chi connectivity index (χ0v) is 18.6. The Bertz CT molecular complexity index is 1390. The van der Waals surface area contributed by atoms with Crippen LogP contribution in [0.2, 0.25) is 15.1 Å². The summed E-state index contributed by atoms with van der Waals surface area (Å²) in [6.45, 7) is 4.04. The summed E-state index contributed by atoms with van der Waals surface area (Å²) in [6, 6.07) is 11.8. The predicted octanol–water partition coefficient (Wildman–Crippen LogP) is 5.84. The second-order valence-corrected chi connectivity index (χ2v) is 9.17. The van der Waals surface area contributed by atoms with Crippen LogP contribution in [-0.4, -0.2) is 9.13 Å². The largest absolute Gasteiger partial charge is 0.337 e. The maximum absolute atomic E-state index is 13.4. The van der Waals surface area contributed by atoms with Crippen LogP contribution in [0.25, 0.3) is 15.9 Å². The number of halogens is 3. The van der Waals surface area contributed by atoms with E-state index in [1.807, 2.05) is 13.8 Å². The normalized spacial score (nSPS) is 11.3. The lowest BCUT2D eigenvalue weighted by Crippen LogP contribution is -2.39. The van der Waals surface area contributed by atoms with Crippen molar-refractivity contribution in [2.24, 2.45) is 0 Å². The molecule has 0 spiro atoms. The lowest BCUT2D eigenvalue weighted by molar-refractivity contribution is 0.719. The monoisotopic (exact) mass is 464 g/mol. The Morgan fingerprint density at radius 2 is 1.69 bits per heavy atom. The molecule has 0 amide bonds. The van der Waals surface area contributed by atoms with Gasteiger partial charge in [-0.2, -0.15) is 0 Å². The number of fused-ring (bicyclic) bond motifs is 1. The van der Waals surface area contributed by atoms with Gasteiger partial charge in [0.2, 0.25) is 0 Å². The highest BCUT2D eigenvalue weighted by Gasteiger charge is 2.20. The van der Waals surface area contributed by atoms with E-state index in [4.69, 9.17) is 34.8 Å². The number of hydrogen-bond donors (Lipinski definition) is 0. The molecule has 2 aromatic carbocycles. The van der Waals surface area contributed by atoms with Crippen LogP contribution < -0.4 is 11.2 Å². The first-order chi connectivity index (χ1) is 13.8. The molecule has 0 saturated heterocycles. The molecule has 8 heteroatoms. The van der Waals surface area contributed by atoms with Gasteiger partial charge in [0.05, 0.1) is 17.6 Å². The smallest absolute Gasteiger partial charge is 0.279 e. The topological polar surface area (TPSA) is 44.0 Å². The summed E-state index contributed by atoms with van der Waals surface area (Å²) in [5.74, 6) is 0. The van der Waals surface area contributed by atoms with E-state index in [2.05, 4.69) is 0 Å². The minimum atomic E-state index is -0.447. The van der Waals surface area contributed by atoms with Crippen LogP contribution in [0, 0.1) is 13.8 Å². The van der Waals surface area contributed by atoms with Crippen molar-refractivity contribution in [3.63, 3.8) is 0 Å². The average molecular weight is 466 g/mol. The fraction of sp³-hybridized carbons (Fsp3) is 0.143. The first kappa shape index (κ1) is 20.2. The maximum atomic E-state index is 13.4. The van der Waals surface area contributed by atoms with Crippen molar-refractivity contribution in [2.45, 2.75) is 20.4 Å². The molecule has 0 aliphatic heterocycles. The number of thiophene rings is 1. The summed E-state index contributed by atoms with van der Waals surface area (Å²) in [7, 11) is 0. The lowest BCUT2D eigenvalue weighted by Gasteiger charge is -2.13. The zero-order valence-electron chi connectivity index (χ0n) is 15.5. The van der Waals surface area contributed by atoms with Gasteiger partial charge < -0.3 is 0 Å². The van der Waals surface area contributed by atoms with E-state index in [1.54, 1.807) is 47.0 Å². The highest BCUT2D eigenvalue weighted by Crippen LogP contribution is 2.29. The van der Waals surface area contributed by atoms with Crippen LogP contribution in [0.4, 0.5) is 0 Å². The fourth-order valence-electron chi connectivity index (χ4n) is 3.26. The maximum Gasteiger partial charge on any atom is 0.337 e. The van der Waals surface area contributed by atoms with Gasteiger partial charge >= 0.3 is 5.69 Å². The van der Waals surface area contributed by atoms with Crippen molar-refractivity contribution >= 4 is 56.4 Å². The van der Waals surface area contributed by atoms with Crippen LogP contribution in [0.3, 0.4) is 0 Å². The van der Waals surface area contributed by atoms with E-state index in [-0.39, 0.29) is 12.1 Å². The second-order valence-electron chi connectivity index (χ2n) is 6.69. The van der Waals surface area contributed by atoms with Crippen molar-refractivity contribution in [2.75, 3.05) is 0 Å². The Morgan fingerprint density at radius 3 is 2.38 bits per heavy atom. The minimum absolute atomic E-state index is 0.214. The summed E-state index contributed by atoms with van der Waals surface area (Å²) in [5, 5.41) is 1.95. The number of hydrogen-bond acceptors (Lipinski definition) is 3. The summed E-state index contributed by atoms with van der Waals surface area (Å²) < 4.78 is 2.74. The van der Waals surface area contributed by atoms with Crippen molar-refractivity contribution in [1.82, 2.24) is 9.13 Å². The van der Waals surface area contributed by atoms with E-state index in [0.717, 1.165) is 20.6 Å². The Kier molecular flexibility index (Phi) is 5.34. The Balaban J connectivity index is 2.07. The molecule has 0 saturated carbocycles. The first-order valence-electron chi connectivity index (χ1n) is 8.73. The molecule has 0 radical (unpaired) electrons. The fourth-order valence-corrected chi connectivity index (χ4v) is 5.05. The first-order valence-corrected chi connectivity index (χ1v) is 10.7. The molecular weight excluding hydrogens is 451 g/mol. The van der Waals surface area contributed by atoms with E-state index < -0.39 is 5.69 Å². The zero-order chi connectivity index (χ0) is 20.9. The summed E-state index contributed by atoms with van der Waals surface area (Å²) in [5.41, 5.74) is 1.22. The second kappa shape index (κ2) is 7.65. The summed E-state index contributed by atoms with van der Waals surface area (Å²) in [6.07, 6.45) is 0. The number of rotatable bonds is 3. The van der Waals surface area contributed by atoms with Gasteiger partial charge in [-0.1, -0.05) is 46.9 Å². The molecule has 0 aliphatic rings. The van der Waals surface area contributed by atoms with E-state index in [9.17, 15) is 9.59 Å². The number of nitrogens with zero attached hydrogens (tertiary/aromatic N) is 2. The Morgan fingerprint density at radius 1 is 0.966 bits per heavy atom. The molecule has 0 atom stereocenters. The van der Waals surface area contributed by atoms with Gasteiger partial charge in [-0.05, 0) is 55.3 Å². The summed E-state index contributed by atoms with van der Waals surface area (Å²) in [4.78, 5) is 28.3. The molecule has 29 heavy (non-hydrogen) atoms. The highest BCUT2D eigenvalue weighted by molar-refractivity contribution is 7.18. The van der Waals surface area contributed by atoms with Crippen molar-refractivity contribution in [3.8, 4) is 5.69 Å². The van der Waals surface area contributed by atoms with Crippen LogP contribution in [0.15, 0.2) is 52.1 Å². The number of aryl methyl sites for hydroxylation is 2. The molecule has 0 bridgehead atoms. The quantitative estimate of drug-likeness (QED) is 0.381. The van der Waals surface area contributed by atoms with Gasteiger partial charge in [-0.25, -0.2) is 9.36 Å². The molecule has 0 N–H and O–H groups in total. The van der Waals surface area contributed by atoms with Crippen LogP contribution >= 0.6 is 46.1 Å². The van der Waals surface area contributed by atoms with Crippen molar-refractivity contribution < 1.29 is 0 Å². The van der Waals surface area contributed by atoms with Crippen LogP contribution in [-0.2, 0) is 6.54 Å². The van der Waals surface area contributed by atoms with Crippen LogP contribution in [0.5, 0.6) is 0 Å². The van der Waals surface area contributed by atoms with Gasteiger partial charge in [-0.15, -0.1) is 11.3 Å². The van der Waals surface area contributed by atoms with Gasteiger partial charge in [0.25, 0.3) is 5.56 Å². The predicted molar refractivity (Wildman–Crippen MR) is 122 cm³/mol. The molecule has 148 valence electrons. The van der Waals surface area contributed by atoms with Gasteiger partial charge in [-0.3, -0.25) is 9.36 Å².